The number of hydrogen-bond acceptors (Lipinski definition) is 6. The minimum Gasteiger partial charge on any atom is -0.457 e. The monoisotopic (exact) mass is 350 g/mol. The first-order chi connectivity index (χ1) is 11.4. The van der Waals surface area contributed by atoms with Crippen molar-refractivity contribution in [2.45, 2.75) is 53.6 Å². The van der Waals surface area contributed by atoms with Gasteiger partial charge in [-0.2, -0.15) is 0 Å². The fourth-order valence-corrected chi connectivity index (χ4v) is 1.63. The van der Waals surface area contributed by atoms with Gasteiger partial charge in [0.2, 0.25) is 0 Å². The Morgan fingerprint density at radius 2 is 1.52 bits per heavy atom. The number of Topliss-reactive ketones (excluding diaryl/α,β-unsaturated/α-hetero) is 1. The molecule has 6 nitrogen and oxygen atoms in total. The molecule has 0 saturated carbocycles. The molecule has 0 fully saturated rings. The van der Waals surface area contributed by atoms with Crippen molar-refractivity contribution in [3.05, 3.63) is 29.8 Å². The molecule has 1 aromatic carbocycles. The van der Waals surface area contributed by atoms with Gasteiger partial charge >= 0.3 is 12.1 Å². The van der Waals surface area contributed by atoms with Gasteiger partial charge in [0.1, 0.15) is 11.4 Å². The van der Waals surface area contributed by atoms with E-state index in [1.807, 2.05) is 6.92 Å². The van der Waals surface area contributed by atoms with Crippen molar-refractivity contribution in [3.63, 3.8) is 0 Å². The van der Waals surface area contributed by atoms with Crippen LogP contribution < -0.4 is 4.74 Å². The van der Waals surface area contributed by atoms with E-state index in [4.69, 9.17) is 14.2 Å². The molecule has 0 heterocycles. The first kappa shape index (κ1) is 20.7. The minimum absolute atomic E-state index is 0.259. The van der Waals surface area contributed by atoms with Crippen LogP contribution in [-0.4, -0.2) is 30.1 Å². The molecule has 1 rings (SSSR count). The van der Waals surface area contributed by atoms with Crippen LogP contribution in [-0.2, 0) is 14.3 Å². The second-order valence-electron chi connectivity index (χ2n) is 7.33. The standard InChI is InChI=1S/C19H26O6/c1-7-19(5,6)16(21)23-12-15(20)13-8-10-14(11-9-13)24-17(22)25-18(2,3)4/h8-11H,7,12H2,1-6H3. The zero-order valence-corrected chi connectivity index (χ0v) is 15.7. The summed E-state index contributed by atoms with van der Waals surface area (Å²) in [6.45, 7) is 10.3. The molecule has 0 aliphatic carbocycles. The maximum absolute atomic E-state index is 12.1. The van der Waals surface area contributed by atoms with E-state index in [0.29, 0.717) is 12.0 Å². The molecule has 0 unspecified atom stereocenters. The van der Waals surface area contributed by atoms with Gasteiger partial charge in [0, 0.05) is 5.56 Å². The summed E-state index contributed by atoms with van der Waals surface area (Å²) in [6, 6.07) is 5.96. The van der Waals surface area contributed by atoms with E-state index >= 15 is 0 Å². The number of carbonyl (C=O) groups is 3. The molecule has 0 radical (unpaired) electrons. The van der Waals surface area contributed by atoms with Crippen molar-refractivity contribution in [1.82, 2.24) is 0 Å². The number of carbonyl (C=O) groups excluding carboxylic acids is 3. The van der Waals surface area contributed by atoms with Gasteiger partial charge in [0.15, 0.2) is 12.4 Å². The predicted octanol–water partition coefficient (Wildman–Crippen LogP) is 4.16. The summed E-state index contributed by atoms with van der Waals surface area (Å²) in [6.07, 6.45) is -0.196. The van der Waals surface area contributed by atoms with E-state index in [-0.39, 0.29) is 18.1 Å². The lowest BCUT2D eigenvalue weighted by molar-refractivity contribution is -0.152. The van der Waals surface area contributed by atoms with E-state index in [0.717, 1.165) is 0 Å². The van der Waals surface area contributed by atoms with Gasteiger partial charge in [-0.3, -0.25) is 9.59 Å². The van der Waals surface area contributed by atoms with Crippen LogP contribution in [0.3, 0.4) is 0 Å². The lowest BCUT2D eigenvalue weighted by Gasteiger charge is -2.20. The molecule has 0 spiro atoms. The summed E-state index contributed by atoms with van der Waals surface area (Å²) in [5.41, 5.74) is -0.909. The largest absolute Gasteiger partial charge is 0.514 e. The SMILES string of the molecule is CCC(C)(C)C(=O)OCC(=O)c1ccc(OC(=O)OC(C)(C)C)cc1. The van der Waals surface area contributed by atoms with Gasteiger partial charge in [-0.05, 0) is 65.3 Å². The second-order valence-corrected chi connectivity index (χ2v) is 7.33. The molecule has 0 atom stereocenters. The Bertz CT molecular complexity index is 622. The molecule has 0 saturated heterocycles. The molecule has 1 aromatic rings. The Hall–Kier alpha value is -2.37. The molecule has 0 aliphatic rings. The van der Waals surface area contributed by atoms with Gasteiger partial charge < -0.3 is 14.2 Å². The average molecular weight is 350 g/mol. The number of benzene rings is 1. The van der Waals surface area contributed by atoms with E-state index in [9.17, 15) is 14.4 Å². The Balaban J connectivity index is 2.60. The van der Waals surface area contributed by atoms with Gasteiger partial charge in [-0.1, -0.05) is 6.92 Å². The van der Waals surface area contributed by atoms with Crippen molar-refractivity contribution in [2.75, 3.05) is 6.61 Å². The third-order valence-electron chi connectivity index (χ3n) is 3.54. The van der Waals surface area contributed by atoms with Gasteiger partial charge in [0.25, 0.3) is 0 Å². The van der Waals surface area contributed by atoms with Crippen molar-refractivity contribution >= 4 is 17.9 Å². The third kappa shape index (κ3) is 6.95. The summed E-state index contributed by atoms with van der Waals surface area (Å²) >= 11 is 0. The van der Waals surface area contributed by atoms with E-state index < -0.39 is 23.1 Å². The molecule has 6 heteroatoms. The normalized spacial score (nSPS) is 11.6. The van der Waals surface area contributed by atoms with Crippen LogP contribution >= 0.6 is 0 Å². The molecule has 0 bridgehead atoms. The maximum Gasteiger partial charge on any atom is 0.514 e. The molecule has 138 valence electrons. The Kier molecular flexibility index (Phi) is 6.73. The highest BCUT2D eigenvalue weighted by molar-refractivity contribution is 5.98. The van der Waals surface area contributed by atoms with Gasteiger partial charge in [0.05, 0.1) is 5.41 Å². The lowest BCUT2D eigenvalue weighted by atomic mass is 9.91. The molecular weight excluding hydrogens is 324 g/mol. The Labute approximate surface area is 148 Å². The van der Waals surface area contributed by atoms with Crippen LogP contribution in [0.4, 0.5) is 4.79 Å². The fourth-order valence-electron chi connectivity index (χ4n) is 1.63. The highest BCUT2D eigenvalue weighted by atomic mass is 16.7. The fraction of sp³-hybridized carbons (Fsp3) is 0.526. The Morgan fingerprint density at radius 1 is 0.960 bits per heavy atom. The van der Waals surface area contributed by atoms with Crippen LogP contribution in [0.5, 0.6) is 5.75 Å². The van der Waals surface area contributed by atoms with Crippen molar-refractivity contribution in [3.8, 4) is 5.75 Å². The first-order valence-corrected chi connectivity index (χ1v) is 8.16. The number of ketones is 1. The quantitative estimate of drug-likeness (QED) is 0.435. The van der Waals surface area contributed by atoms with Crippen LogP contribution in [0.1, 0.15) is 58.3 Å². The smallest absolute Gasteiger partial charge is 0.457 e. The zero-order valence-electron chi connectivity index (χ0n) is 15.7. The second kappa shape index (κ2) is 8.14. The van der Waals surface area contributed by atoms with E-state index in [1.165, 1.54) is 24.3 Å². The summed E-state index contributed by atoms with van der Waals surface area (Å²) in [7, 11) is 0. The van der Waals surface area contributed by atoms with Crippen LogP contribution in [0.15, 0.2) is 24.3 Å². The Morgan fingerprint density at radius 3 is 2.00 bits per heavy atom. The summed E-state index contributed by atoms with van der Waals surface area (Å²) in [4.78, 5) is 35.5. The van der Waals surface area contributed by atoms with Crippen molar-refractivity contribution in [1.29, 1.82) is 0 Å². The summed E-state index contributed by atoms with van der Waals surface area (Å²) in [5.74, 6) is -0.479. The van der Waals surface area contributed by atoms with Crippen LogP contribution in [0.2, 0.25) is 0 Å². The van der Waals surface area contributed by atoms with Crippen molar-refractivity contribution in [2.24, 2.45) is 5.41 Å². The lowest BCUT2D eigenvalue weighted by Crippen LogP contribution is -2.27. The zero-order chi connectivity index (χ0) is 19.3. The van der Waals surface area contributed by atoms with Crippen LogP contribution in [0.25, 0.3) is 0 Å². The van der Waals surface area contributed by atoms with E-state index in [1.54, 1.807) is 34.6 Å². The molecule has 25 heavy (non-hydrogen) atoms. The molecule has 0 N–H and O–H groups in total. The van der Waals surface area contributed by atoms with Gasteiger partial charge in [-0.25, -0.2) is 4.79 Å². The highest BCUT2D eigenvalue weighted by Crippen LogP contribution is 2.21. The summed E-state index contributed by atoms with van der Waals surface area (Å²) in [5, 5.41) is 0. The predicted molar refractivity (Wildman–Crippen MR) is 92.7 cm³/mol. The number of rotatable bonds is 6. The molecule has 0 aliphatic heterocycles. The van der Waals surface area contributed by atoms with Crippen LogP contribution in [0, 0.1) is 5.41 Å². The molecule has 0 aromatic heterocycles. The number of esters is 1. The molecule has 0 amide bonds. The highest BCUT2D eigenvalue weighted by Gasteiger charge is 2.27. The topological polar surface area (TPSA) is 78.9 Å². The average Bonchev–Trinajstić information content (AvgIpc) is 2.50. The van der Waals surface area contributed by atoms with E-state index in [2.05, 4.69) is 0 Å². The third-order valence-corrected chi connectivity index (χ3v) is 3.54. The summed E-state index contributed by atoms with van der Waals surface area (Å²) < 4.78 is 15.1. The number of ether oxygens (including phenoxy) is 3. The van der Waals surface area contributed by atoms with Crippen molar-refractivity contribution < 1.29 is 28.6 Å². The minimum atomic E-state index is -0.817. The van der Waals surface area contributed by atoms with Gasteiger partial charge in [-0.15, -0.1) is 0 Å². The number of hydrogen-bond donors (Lipinski definition) is 0. The molecular formula is C19H26O6. The first-order valence-electron chi connectivity index (χ1n) is 8.16. The maximum atomic E-state index is 12.1.